The van der Waals surface area contributed by atoms with Gasteiger partial charge in [0.15, 0.2) is 11.4 Å². The Kier molecular flexibility index (Phi) is 2.46. The molecular formula is C17H21N2+. The largest absolute Gasteiger partial charge is 0.259 e. The molecule has 2 nitrogen and oxygen atoms in total. The van der Waals surface area contributed by atoms with Gasteiger partial charge in [-0.3, -0.25) is 0 Å². The highest BCUT2D eigenvalue weighted by Crippen LogP contribution is 2.27. The fourth-order valence-electron chi connectivity index (χ4n) is 3.24. The van der Waals surface area contributed by atoms with Gasteiger partial charge in [0.1, 0.15) is 11.2 Å². The van der Waals surface area contributed by atoms with E-state index < -0.39 is 0 Å². The first-order valence-corrected chi connectivity index (χ1v) is 6.83. The van der Waals surface area contributed by atoms with Crippen molar-refractivity contribution >= 4 is 6.08 Å². The third kappa shape index (κ3) is 1.59. The van der Waals surface area contributed by atoms with Crippen LogP contribution in [0.1, 0.15) is 36.6 Å². The van der Waals surface area contributed by atoms with Crippen LogP contribution in [0.25, 0.3) is 11.8 Å². The molecule has 0 unspecified atom stereocenters. The number of rotatable bonds is 1. The summed E-state index contributed by atoms with van der Waals surface area (Å²) >= 11 is 0. The molecule has 1 aliphatic heterocycles. The van der Waals surface area contributed by atoms with Crippen LogP contribution < -0.4 is 4.57 Å². The van der Waals surface area contributed by atoms with E-state index >= 15 is 0 Å². The zero-order valence-corrected chi connectivity index (χ0v) is 12.4. The highest BCUT2D eigenvalue weighted by Gasteiger charge is 2.37. The van der Waals surface area contributed by atoms with Gasteiger partial charge in [0, 0.05) is 13.8 Å². The number of aryl methyl sites for hydroxylation is 1. The van der Waals surface area contributed by atoms with Crippen LogP contribution >= 0.6 is 0 Å². The van der Waals surface area contributed by atoms with Gasteiger partial charge in [-0.15, -0.1) is 0 Å². The Hall–Kier alpha value is -1.83. The molecule has 0 aliphatic carbocycles. The summed E-state index contributed by atoms with van der Waals surface area (Å²) in [6.45, 7) is 11.1. The SMILES string of the molecule is Cc1ccccc1-n1c(C)c2[n+](c1C)C(C)(C)C=C2. The van der Waals surface area contributed by atoms with Gasteiger partial charge >= 0.3 is 0 Å². The molecule has 0 N–H and O–H groups in total. The minimum atomic E-state index is 0.0676. The minimum absolute atomic E-state index is 0.0676. The van der Waals surface area contributed by atoms with Crippen LogP contribution in [-0.2, 0) is 5.54 Å². The van der Waals surface area contributed by atoms with Crippen molar-refractivity contribution in [3.05, 3.63) is 53.1 Å². The van der Waals surface area contributed by atoms with Gasteiger partial charge in [-0.05, 0) is 44.6 Å². The number of nitrogens with zero attached hydrogens (tertiary/aromatic N) is 2. The predicted octanol–water partition coefficient (Wildman–Crippen LogP) is 3.45. The highest BCUT2D eigenvalue weighted by molar-refractivity contribution is 5.52. The second kappa shape index (κ2) is 3.83. The summed E-state index contributed by atoms with van der Waals surface area (Å²) in [6, 6.07) is 8.57. The Morgan fingerprint density at radius 2 is 1.74 bits per heavy atom. The number of benzene rings is 1. The van der Waals surface area contributed by atoms with Crippen molar-refractivity contribution in [1.29, 1.82) is 0 Å². The van der Waals surface area contributed by atoms with Crippen molar-refractivity contribution in [2.45, 2.75) is 40.2 Å². The Morgan fingerprint density at radius 1 is 1.05 bits per heavy atom. The van der Waals surface area contributed by atoms with Crippen molar-refractivity contribution in [3.8, 4) is 5.69 Å². The summed E-state index contributed by atoms with van der Waals surface area (Å²) in [4.78, 5) is 0. The second-order valence-electron chi connectivity index (χ2n) is 5.96. The number of fused-ring (bicyclic) bond motifs is 1. The van der Waals surface area contributed by atoms with Gasteiger partial charge in [-0.1, -0.05) is 18.2 Å². The lowest BCUT2D eigenvalue weighted by Gasteiger charge is -2.15. The molecule has 1 aromatic carbocycles. The molecule has 0 spiro atoms. The van der Waals surface area contributed by atoms with Crippen molar-refractivity contribution < 1.29 is 4.57 Å². The maximum absolute atomic E-state index is 2.43. The highest BCUT2D eigenvalue weighted by atomic mass is 15.2. The molecule has 0 amide bonds. The van der Waals surface area contributed by atoms with Crippen LogP contribution in [0.4, 0.5) is 0 Å². The Labute approximate surface area is 115 Å². The standard InChI is InChI=1S/C17H21N2/c1-12-8-6-7-9-15(12)18-13(2)16-10-11-17(4,5)19(16)14(18)3/h6-11H,1-5H3/q+1. The van der Waals surface area contributed by atoms with Crippen LogP contribution in [0.2, 0.25) is 0 Å². The molecule has 0 saturated carbocycles. The molecule has 0 fully saturated rings. The van der Waals surface area contributed by atoms with E-state index in [2.05, 4.69) is 80.2 Å². The van der Waals surface area contributed by atoms with Gasteiger partial charge in [-0.2, -0.15) is 4.57 Å². The van der Waals surface area contributed by atoms with Crippen molar-refractivity contribution in [2.75, 3.05) is 0 Å². The third-order valence-corrected chi connectivity index (χ3v) is 4.18. The smallest absolute Gasteiger partial charge is 0.219 e. The summed E-state index contributed by atoms with van der Waals surface area (Å²) < 4.78 is 4.80. The molecule has 0 atom stereocenters. The normalized spacial score (nSPS) is 15.8. The summed E-state index contributed by atoms with van der Waals surface area (Å²) in [6.07, 6.45) is 4.53. The zero-order valence-electron chi connectivity index (χ0n) is 12.4. The van der Waals surface area contributed by atoms with E-state index in [1.807, 2.05) is 0 Å². The van der Waals surface area contributed by atoms with E-state index in [0.29, 0.717) is 0 Å². The molecule has 3 rings (SSSR count). The number of aromatic nitrogens is 2. The van der Waals surface area contributed by atoms with Gasteiger partial charge in [0.05, 0.1) is 0 Å². The second-order valence-corrected chi connectivity index (χ2v) is 5.96. The number of imidazole rings is 1. The number of allylic oxidation sites excluding steroid dienone is 1. The Morgan fingerprint density at radius 3 is 2.37 bits per heavy atom. The van der Waals surface area contributed by atoms with Gasteiger partial charge in [-0.25, -0.2) is 4.57 Å². The molecule has 0 saturated heterocycles. The number of hydrogen-bond donors (Lipinski definition) is 0. The van der Waals surface area contributed by atoms with Gasteiger partial charge in [0.25, 0.3) is 5.82 Å². The van der Waals surface area contributed by atoms with E-state index in [4.69, 9.17) is 0 Å². The van der Waals surface area contributed by atoms with Crippen LogP contribution in [0, 0.1) is 20.8 Å². The molecule has 1 aliphatic rings. The Balaban J connectivity index is 2.32. The fourth-order valence-corrected chi connectivity index (χ4v) is 3.24. The lowest BCUT2D eigenvalue weighted by Crippen LogP contribution is -2.51. The summed E-state index contributed by atoms with van der Waals surface area (Å²) in [5.74, 6) is 1.29. The lowest BCUT2D eigenvalue weighted by molar-refractivity contribution is -0.747. The molecule has 98 valence electrons. The third-order valence-electron chi connectivity index (χ3n) is 4.18. The number of para-hydroxylation sites is 1. The first-order chi connectivity index (χ1) is 8.93. The molecule has 2 heterocycles. The molecule has 19 heavy (non-hydrogen) atoms. The molecular weight excluding hydrogens is 232 g/mol. The van der Waals surface area contributed by atoms with Gasteiger partial charge < -0.3 is 0 Å². The van der Waals surface area contributed by atoms with Crippen molar-refractivity contribution in [3.63, 3.8) is 0 Å². The monoisotopic (exact) mass is 253 g/mol. The van der Waals surface area contributed by atoms with E-state index in [-0.39, 0.29) is 5.54 Å². The van der Waals surface area contributed by atoms with Gasteiger partial charge in [0.2, 0.25) is 0 Å². The van der Waals surface area contributed by atoms with E-state index in [9.17, 15) is 0 Å². The molecule has 2 heteroatoms. The fraction of sp³-hybridized carbons (Fsp3) is 0.353. The molecule has 0 radical (unpaired) electrons. The summed E-state index contributed by atoms with van der Waals surface area (Å²) in [5, 5.41) is 0. The van der Waals surface area contributed by atoms with Crippen molar-refractivity contribution in [2.24, 2.45) is 0 Å². The lowest BCUT2D eigenvalue weighted by atomic mass is 10.1. The molecule has 2 aromatic rings. The first-order valence-electron chi connectivity index (χ1n) is 6.83. The average Bonchev–Trinajstić information content (AvgIpc) is 2.79. The molecule has 0 bridgehead atoms. The Bertz CT molecular complexity index is 688. The first kappa shape index (κ1) is 12.2. The topological polar surface area (TPSA) is 8.81 Å². The van der Waals surface area contributed by atoms with Crippen molar-refractivity contribution in [1.82, 2.24) is 4.57 Å². The van der Waals surface area contributed by atoms with Crippen LogP contribution in [0.3, 0.4) is 0 Å². The summed E-state index contributed by atoms with van der Waals surface area (Å²) in [5.41, 5.74) is 5.30. The summed E-state index contributed by atoms with van der Waals surface area (Å²) in [7, 11) is 0. The maximum Gasteiger partial charge on any atom is 0.259 e. The minimum Gasteiger partial charge on any atom is -0.219 e. The maximum atomic E-state index is 2.43. The number of hydrogen-bond acceptors (Lipinski definition) is 0. The van der Waals surface area contributed by atoms with Crippen LogP contribution in [0.15, 0.2) is 30.3 Å². The molecule has 1 aromatic heterocycles. The van der Waals surface area contributed by atoms with E-state index in [1.165, 1.54) is 28.5 Å². The predicted molar refractivity (Wildman–Crippen MR) is 78.5 cm³/mol. The van der Waals surface area contributed by atoms with Crippen LogP contribution in [-0.4, -0.2) is 4.57 Å². The van der Waals surface area contributed by atoms with Crippen LogP contribution in [0.5, 0.6) is 0 Å². The van der Waals surface area contributed by atoms with E-state index in [0.717, 1.165) is 0 Å². The zero-order chi connectivity index (χ0) is 13.8. The quantitative estimate of drug-likeness (QED) is 0.688. The van der Waals surface area contributed by atoms with E-state index in [1.54, 1.807) is 0 Å². The average molecular weight is 253 g/mol.